The molecule has 124 valence electrons. The topological polar surface area (TPSA) is 63.2 Å². The van der Waals surface area contributed by atoms with Gasteiger partial charge in [-0.3, -0.25) is 4.79 Å². The van der Waals surface area contributed by atoms with Crippen molar-refractivity contribution in [3.05, 3.63) is 16.1 Å². The molecule has 2 N–H and O–H groups in total. The van der Waals surface area contributed by atoms with Gasteiger partial charge in [-0.25, -0.2) is 4.98 Å². The number of methoxy groups -OCH3 is 1. The van der Waals surface area contributed by atoms with E-state index >= 15 is 0 Å². The normalized spacial score (nSPS) is 17.6. The maximum absolute atomic E-state index is 12.3. The molecule has 0 saturated carbocycles. The predicted molar refractivity (Wildman–Crippen MR) is 89.4 cm³/mol. The van der Waals surface area contributed by atoms with E-state index in [1.807, 2.05) is 5.38 Å². The lowest BCUT2D eigenvalue weighted by molar-refractivity contribution is 0.0511. The van der Waals surface area contributed by atoms with Crippen molar-refractivity contribution >= 4 is 17.2 Å². The van der Waals surface area contributed by atoms with Gasteiger partial charge in [-0.1, -0.05) is 13.8 Å². The third-order valence-electron chi connectivity index (χ3n) is 4.11. The number of carbonyl (C=O) groups excluding carboxylic acids is 1. The average molecular weight is 325 g/mol. The van der Waals surface area contributed by atoms with Crippen molar-refractivity contribution in [1.82, 2.24) is 15.6 Å². The predicted octanol–water partition coefficient (Wildman–Crippen LogP) is 2.09. The Morgan fingerprint density at radius 2 is 2.23 bits per heavy atom. The van der Waals surface area contributed by atoms with E-state index < -0.39 is 0 Å². The second-order valence-electron chi connectivity index (χ2n) is 6.59. The fourth-order valence-corrected chi connectivity index (χ4v) is 3.84. The Bertz CT molecular complexity index is 476. The first-order chi connectivity index (χ1) is 10.5. The van der Waals surface area contributed by atoms with Crippen molar-refractivity contribution in [2.75, 3.05) is 33.4 Å². The van der Waals surface area contributed by atoms with Crippen molar-refractivity contribution in [3.63, 3.8) is 0 Å². The van der Waals surface area contributed by atoms with Gasteiger partial charge in [-0.15, -0.1) is 11.3 Å². The van der Waals surface area contributed by atoms with Crippen LogP contribution in [0.5, 0.6) is 0 Å². The lowest BCUT2D eigenvalue weighted by atomic mass is 9.79. The van der Waals surface area contributed by atoms with Crippen LogP contribution in [0.1, 0.15) is 42.2 Å². The van der Waals surface area contributed by atoms with E-state index in [4.69, 9.17) is 4.74 Å². The lowest BCUT2D eigenvalue weighted by Crippen LogP contribution is -2.47. The molecule has 6 heteroatoms. The Labute approximate surface area is 136 Å². The first-order valence-corrected chi connectivity index (χ1v) is 8.85. The molecule has 5 nitrogen and oxygen atoms in total. The minimum Gasteiger partial charge on any atom is -0.384 e. The summed E-state index contributed by atoms with van der Waals surface area (Å²) in [5.74, 6) is 0.488. The van der Waals surface area contributed by atoms with Crippen LogP contribution in [0, 0.1) is 11.3 Å². The van der Waals surface area contributed by atoms with Gasteiger partial charge in [-0.05, 0) is 31.8 Å². The highest BCUT2D eigenvalue weighted by Gasteiger charge is 2.32. The van der Waals surface area contributed by atoms with Gasteiger partial charge in [0.1, 0.15) is 5.69 Å². The molecule has 0 bridgehead atoms. The SMILES string of the molecule is COCC1(CNC(=O)c2csc(CC(C)C)n2)CCNCC1. The first-order valence-electron chi connectivity index (χ1n) is 7.97. The molecule has 1 aliphatic rings. The molecule has 0 aliphatic carbocycles. The number of carbonyl (C=O) groups is 1. The summed E-state index contributed by atoms with van der Waals surface area (Å²) in [6.45, 7) is 7.62. The van der Waals surface area contributed by atoms with E-state index in [0.29, 0.717) is 24.8 Å². The van der Waals surface area contributed by atoms with E-state index in [2.05, 4.69) is 29.5 Å². The van der Waals surface area contributed by atoms with E-state index in [0.717, 1.165) is 37.4 Å². The number of piperidine rings is 1. The van der Waals surface area contributed by atoms with E-state index in [9.17, 15) is 4.79 Å². The van der Waals surface area contributed by atoms with Crippen LogP contribution < -0.4 is 10.6 Å². The van der Waals surface area contributed by atoms with Crippen LogP contribution in [0.4, 0.5) is 0 Å². The van der Waals surface area contributed by atoms with Gasteiger partial charge in [-0.2, -0.15) is 0 Å². The standard InChI is InChI=1S/C16H27N3O2S/c1-12(2)8-14-19-13(9-22-14)15(20)18-10-16(11-21-3)4-6-17-7-5-16/h9,12,17H,4-8,10-11H2,1-3H3,(H,18,20). The minimum atomic E-state index is -0.0692. The van der Waals surface area contributed by atoms with Crippen molar-refractivity contribution < 1.29 is 9.53 Å². The summed E-state index contributed by atoms with van der Waals surface area (Å²) in [6.07, 6.45) is 2.98. The van der Waals surface area contributed by atoms with Gasteiger partial charge in [0.25, 0.3) is 5.91 Å². The number of aromatic nitrogens is 1. The molecule has 0 unspecified atom stereocenters. The van der Waals surface area contributed by atoms with Crippen LogP contribution in [0.2, 0.25) is 0 Å². The Morgan fingerprint density at radius 3 is 2.86 bits per heavy atom. The van der Waals surface area contributed by atoms with E-state index in [-0.39, 0.29) is 11.3 Å². The number of rotatable bonds is 7. The number of nitrogens with one attached hydrogen (secondary N) is 2. The minimum absolute atomic E-state index is 0.0481. The van der Waals surface area contributed by atoms with Crippen LogP contribution in [-0.4, -0.2) is 44.2 Å². The van der Waals surface area contributed by atoms with Crippen LogP contribution in [0.25, 0.3) is 0 Å². The molecule has 1 aromatic rings. The highest BCUT2D eigenvalue weighted by molar-refractivity contribution is 7.09. The zero-order valence-corrected chi connectivity index (χ0v) is 14.6. The smallest absolute Gasteiger partial charge is 0.270 e. The van der Waals surface area contributed by atoms with Crippen LogP contribution in [0.15, 0.2) is 5.38 Å². The summed E-state index contributed by atoms with van der Waals surface area (Å²) >= 11 is 1.57. The van der Waals surface area contributed by atoms with Gasteiger partial charge < -0.3 is 15.4 Å². The molecule has 0 aromatic carbocycles. The Morgan fingerprint density at radius 1 is 1.50 bits per heavy atom. The molecule has 22 heavy (non-hydrogen) atoms. The number of hydrogen-bond donors (Lipinski definition) is 2. The van der Waals surface area contributed by atoms with Crippen molar-refractivity contribution in [2.45, 2.75) is 33.1 Å². The summed E-state index contributed by atoms with van der Waals surface area (Å²) in [5, 5.41) is 9.31. The summed E-state index contributed by atoms with van der Waals surface area (Å²) in [6, 6.07) is 0. The second kappa shape index (κ2) is 8.04. The Kier molecular flexibility index (Phi) is 6.35. The largest absolute Gasteiger partial charge is 0.384 e. The summed E-state index contributed by atoms with van der Waals surface area (Å²) < 4.78 is 5.38. The van der Waals surface area contributed by atoms with E-state index in [1.54, 1.807) is 18.4 Å². The zero-order valence-electron chi connectivity index (χ0n) is 13.8. The molecule has 1 aliphatic heterocycles. The molecule has 0 spiro atoms. The van der Waals surface area contributed by atoms with Gasteiger partial charge >= 0.3 is 0 Å². The van der Waals surface area contributed by atoms with Crippen molar-refractivity contribution in [3.8, 4) is 0 Å². The quantitative estimate of drug-likeness (QED) is 0.806. The molecule has 1 amide bonds. The second-order valence-corrected chi connectivity index (χ2v) is 7.53. The molecule has 0 atom stereocenters. The molecule has 2 rings (SSSR count). The molecule has 1 fully saturated rings. The fraction of sp³-hybridized carbons (Fsp3) is 0.750. The molecule has 1 saturated heterocycles. The van der Waals surface area contributed by atoms with Crippen LogP contribution >= 0.6 is 11.3 Å². The van der Waals surface area contributed by atoms with Gasteiger partial charge in [0.15, 0.2) is 0 Å². The fourth-order valence-electron chi connectivity index (χ4n) is 2.85. The molecule has 0 radical (unpaired) electrons. The van der Waals surface area contributed by atoms with Crippen LogP contribution in [-0.2, 0) is 11.2 Å². The Hall–Kier alpha value is -0.980. The first kappa shape index (κ1) is 17.4. The number of hydrogen-bond acceptors (Lipinski definition) is 5. The Balaban J connectivity index is 1.91. The van der Waals surface area contributed by atoms with Gasteiger partial charge in [0, 0.05) is 30.9 Å². The zero-order chi connectivity index (χ0) is 16.0. The third kappa shape index (κ3) is 4.76. The van der Waals surface area contributed by atoms with Gasteiger partial charge in [0.2, 0.25) is 0 Å². The monoisotopic (exact) mass is 325 g/mol. The summed E-state index contributed by atoms with van der Waals surface area (Å²) in [5.41, 5.74) is 0.592. The van der Waals surface area contributed by atoms with Crippen molar-refractivity contribution in [1.29, 1.82) is 0 Å². The van der Waals surface area contributed by atoms with Gasteiger partial charge in [0.05, 0.1) is 11.6 Å². The van der Waals surface area contributed by atoms with Crippen molar-refractivity contribution in [2.24, 2.45) is 11.3 Å². The summed E-state index contributed by atoms with van der Waals surface area (Å²) in [4.78, 5) is 16.8. The molecular formula is C16H27N3O2S. The number of nitrogens with zero attached hydrogens (tertiary/aromatic N) is 1. The molecule has 2 heterocycles. The number of ether oxygens (including phenoxy) is 1. The lowest BCUT2D eigenvalue weighted by Gasteiger charge is -2.37. The highest BCUT2D eigenvalue weighted by atomic mass is 32.1. The van der Waals surface area contributed by atoms with E-state index in [1.165, 1.54) is 0 Å². The summed E-state index contributed by atoms with van der Waals surface area (Å²) in [7, 11) is 1.73. The maximum atomic E-state index is 12.3. The highest BCUT2D eigenvalue weighted by Crippen LogP contribution is 2.28. The average Bonchev–Trinajstić information content (AvgIpc) is 2.94. The third-order valence-corrected chi connectivity index (χ3v) is 4.98. The number of amides is 1. The number of thiazole rings is 1. The maximum Gasteiger partial charge on any atom is 0.270 e. The van der Waals surface area contributed by atoms with Crippen LogP contribution in [0.3, 0.4) is 0 Å². The molecule has 1 aromatic heterocycles. The molecular weight excluding hydrogens is 298 g/mol.